The Bertz CT molecular complexity index is 1030. The van der Waals surface area contributed by atoms with Gasteiger partial charge in [-0.3, -0.25) is 4.79 Å². The molecule has 1 aliphatic heterocycles. The summed E-state index contributed by atoms with van der Waals surface area (Å²) in [6.07, 6.45) is -1.28. The highest BCUT2D eigenvalue weighted by Crippen LogP contribution is 2.30. The van der Waals surface area contributed by atoms with E-state index in [1.165, 1.54) is 18.2 Å². The minimum absolute atomic E-state index is 0.154. The minimum atomic E-state index is -4.42. The van der Waals surface area contributed by atoms with Gasteiger partial charge < -0.3 is 15.2 Å². The number of amides is 1. The second-order valence-electron chi connectivity index (χ2n) is 7.12. The number of H-pyrrole nitrogens is 1. The van der Waals surface area contributed by atoms with E-state index >= 15 is 0 Å². The van der Waals surface area contributed by atoms with Crippen molar-refractivity contribution in [2.45, 2.75) is 18.6 Å². The SMILES string of the molecule is O=C(NC1CCN(c2ccc(C(F)(F)F)cn2)C1)c1cc(-c2ccc(F)cc2)c[nH]1. The molecule has 156 valence electrons. The molecule has 0 spiro atoms. The highest BCUT2D eigenvalue weighted by molar-refractivity contribution is 5.94. The molecule has 3 aromatic rings. The summed E-state index contributed by atoms with van der Waals surface area (Å²) in [5, 5.41) is 2.92. The Hall–Kier alpha value is -3.36. The standard InChI is InChI=1S/C21H18F4N4O/c22-16-4-1-13(2-5-16)14-9-18(26-10-14)20(30)28-17-7-8-29(12-17)19-6-3-15(11-27-19)21(23,24)25/h1-6,9-11,17,26H,7-8,12H2,(H,28,30). The van der Waals surface area contributed by atoms with Crippen LogP contribution in [0.1, 0.15) is 22.5 Å². The summed E-state index contributed by atoms with van der Waals surface area (Å²) >= 11 is 0. The molecule has 2 N–H and O–H groups in total. The maximum absolute atomic E-state index is 13.1. The molecule has 1 saturated heterocycles. The Morgan fingerprint density at radius 1 is 1.13 bits per heavy atom. The first-order chi connectivity index (χ1) is 14.3. The summed E-state index contributed by atoms with van der Waals surface area (Å²) in [4.78, 5) is 21.2. The molecule has 1 aromatic carbocycles. The normalized spacial score (nSPS) is 16.7. The Labute approximate surface area is 169 Å². The zero-order valence-electron chi connectivity index (χ0n) is 15.7. The lowest BCUT2D eigenvalue weighted by Crippen LogP contribution is -2.37. The molecule has 30 heavy (non-hydrogen) atoms. The van der Waals surface area contributed by atoms with Crippen LogP contribution in [-0.2, 0) is 6.18 Å². The Morgan fingerprint density at radius 2 is 1.90 bits per heavy atom. The van der Waals surface area contributed by atoms with Gasteiger partial charge in [0, 0.05) is 31.5 Å². The van der Waals surface area contributed by atoms with Gasteiger partial charge in [0.2, 0.25) is 0 Å². The van der Waals surface area contributed by atoms with Crippen molar-refractivity contribution in [1.82, 2.24) is 15.3 Å². The third-order valence-corrected chi connectivity index (χ3v) is 5.03. The molecular formula is C21H18F4N4O. The molecule has 1 aliphatic rings. The van der Waals surface area contributed by atoms with Crippen LogP contribution in [-0.4, -0.2) is 35.0 Å². The number of carbonyl (C=O) groups excluding carboxylic acids is 1. The molecule has 0 bridgehead atoms. The molecule has 3 heterocycles. The van der Waals surface area contributed by atoms with Crippen LogP contribution in [0.15, 0.2) is 54.9 Å². The monoisotopic (exact) mass is 418 g/mol. The van der Waals surface area contributed by atoms with Crippen LogP contribution in [0.25, 0.3) is 11.1 Å². The average Bonchev–Trinajstić information content (AvgIpc) is 3.38. The van der Waals surface area contributed by atoms with Gasteiger partial charge in [-0.05, 0) is 47.9 Å². The van der Waals surface area contributed by atoms with Gasteiger partial charge >= 0.3 is 6.18 Å². The third kappa shape index (κ3) is 4.29. The first-order valence-corrected chi connectivity index (χ1v) is 9.33. The largest absolute Gasteiger partial charge is 0.417 e. The number of pyridine rings is 1. The van der Waals surface area contributed by atoms with Gasteiger partial charge in [0.25, 0.3) is 5.91 Å². The highest BCUT2D eigenvalue weighted by atomic mass is 19.4. The first-order valence-electron chi connectivity index (χ1n) is 9.33. The molecule has 1 unspecified atom stereocenters. The molecule has 2 aromatic heterocycles. The van der Waals surface area contributed by atoms with Gasteiger partial charge in [0.1, 0.15) is 17.3 Å². The Balaban J connectivity index is 1.36. The van der Waals surface area contributed by atoms with Gasteiger partial charge in [0.15, 0.2) is 0 Å². The van der Waals surface area contributed by atoms with Gasteiger partial charge in [-0.25, -0.2) is 9.37 Å². The number of carbonyl (C=O) groups is 1. The number of aromatic nitrogens is 2. The second-order valence-corrected chi connectivity index (χ2v) is 7.12. The smallest absolute Gasteiger partial charge is 0.357 e. The third-order valence-electron chi connectivity index (χ3n) is 5.03. The maximum atomic E-state index is 13.1. The van der Waals surface area contributed by atoms with Crippen LogP contribution in [0, 0.1) is 5.82 Å². The van der Waals surface area contributed by atoms with Crippen molar-refractivity contribution in [1.29, 1.82) is 0 Å². The molecule has 1 amide bonds. The van der Waals surface area contributed by atoms with Crippen LogP contribution in [0.2, 0.25) is 0 Å². The number of nitrogens with zero attached hydrogens (tertiary/aromatic N) is 2. The van der Waals surface area contributed by atoms with E-state index in [4.69, 9.17) is 0 Å². The van der Waals surface area contributed by atoms with Crippen molar-refractivity contribution >= 4 is 11.7 Å². The topological polar surface area (TPSA) is 61.0 Å². The lowest BCUT2D eigenvalue weighted by atomic mass is 10.1. The van der Waals surface area contributed by atoms with E-state index in [-0.39, 0.29) is 17.8 Å². The maximum Gasteiger partial charge on any atom is 0.417 e. The number of hydrogen-bond acceptors (Lipinski definition) is 3. The molecule has 4 rings (SSSR count). The van der Waals surface area contributed by atoms with Crippen LogP contribution in [0.5, 0.6) is 0 Å². The quantitative estimate of drug-likeness (QED) is 0.623. The predicted molar refractivity (Wildman–Crippen MR) is 104 cm³/mol. The lowest BCUT2D eigenvalue weighted by molar-refractivity contribution is -0.137. The van der Waals surface area contributed by atoms with E-state index in [1.54, 1.807) is 24.4 Å². The number of benzene rings is 1. The molecular weight excluding hydrogens is 400 g/mol. The van der Waals surface area contributed by atoms with Gasteiger partial charge in [-0.2, -0.15) is 13.2 Å². The van der Waals surface area contributed by atoms with Crippen molar-refractivity contribution in [3.05, 3.63) is 71.9 Å². The van der Waals surface area contributed by atoms with Gasteiger partial charge in [-0.15, -0.1) is 0 Å². The average molecular weight is 418 g/mol. The van der Waals surface area contributed by atoms with Gasteiger partial charge in [0.05, 0.1) is 5.56 Å². The molecule has 0 aliphatic carbocycles. The fourth-order valence-corrected chi connectivity index (χ4v) is 3.42. The fourth-order valence-electron chi connectivity index (χ4n) is 3.42. The summed E-state index contributed by atoms with van der Waals surface area (Å²) in [6.45, 7) is 1.03. The van der Waals surface area contributed by atoms with Crippen LogP contribution in [0.4, 0.5) is 23.4 Å². The number of nitrogens with one attached hydrogen (secondary N) is 2. The van der Waals surface area contributed by atoms with E-state index in [0.717, 1.165) is 23.4 Å². The molecule has 9 heteroatoms. The van der Waals surface area contributed by atoms with Crippen LogP contribution >= 0.6 is 0 Å². The molecule has 0 radical (unpaired) electrons. The van der Waals surface area contributed by atoms with E-state index in [0.29, 0.717) is 31.0 Å². The van der Waals surface area contributed by atoms with Crippen molar-refractivity contribution in [2.75, 3.05) is 18.0 Å². The molecule has 5 nitrogen and oxygen atoms in total. The van der Waals surface area contributed by atoms with Crippen molar-refractivity contribution in [3.8, 4) is 11.1 Å². The number of rotatable bonds is 4. The summed E-state index contributed by atoms with van der Waals surface area (Å²) in [6, 6.07) is 9.84. The predicted octanol–water partition coefficient (Wildman–Crippen LogP) is 4.24. The van der Waals surface area contributed by atoms with Gasteiger partial charge in [-0.1, -0.05) is 12.1 Å². The van der Waals surface area contributed by atoms with E-state index < -0.39 is 11.7 Å². The lowest BCUT2D eigenvalue weighted by Gasteiger charge is -2.18. The van der Waals surface area contributed by atoms with Crippen molar-refractivity contribution in [2.24, 2.45) is 0 Å². The highest BCUT2D eigenvalue weighted by Gasteiger charge is 2.31. The number of hydrogen-bond donors (Lipinski definition) is 2. The summed E-state index contributed by atoms with van der Waals surface area (Å²) in [5.41, 5.74) is 1.13. The summed E-state index contributed by atoms with van der Waals surface area (Å²) < 4.78 is 51.1. The summed E-state index contributed by atoms with van der Waals surface area (Å²) in [5.74, 6) is -0.172. The van der Waals surface area contributed by atoms with Crippen molar-refractivity contribution < 1.29 is 22.4 Å². The van der Waals surface area contributed by atoms with Crippen molar-refractivity contribution in [3.63, 3.8) is 0 Å². The number of alkyl halides is 3. The minimum Gasteiger partial charge on any atom is -0.357 e. The molecule has 0 saturated carbocycles. The van der Waals surface area contributed by atoms with Crippen LogP contribution in [0.3, 0.4) is 0 Å². The molecule has 1 fully saturated rings. The summed E-state index contributed by atoms with van der Waals surface area (Å²) in [7, 11) is 0. The number of aromatic amines is 1. The molecule has 1 atom stereocenters. The number of anilines is 1. The van der Waals surface area contributed by atoms with Crippen LogP contribution < -0.4 is 10.2 Å². The van der Waals surface area contributed by atoms with E-state index in [2.05, 4.69) is 15.3 Å². The van der Waals surface area contributed by atoms with E-state index in [1.807, 2.05) is 4.90 Å². The van der Waals surface area contributed by atoms with E-state index in [9.17, 15) is 22.4 Å². The fraction of sp³-hybridized carbons (Fsp3) is 0.238. The number of halogens is 4. The first kappa shape index (κ1) is 19.9. The zero-order chi connectivity index (χ0) is 21.3. The zero-order valence-corrected chi connectivity index (χ0v) is 15.7. The Kier molecular flexibility index (Phi) is 5.19. The second kappa shape index (κ2) is 7.81. The Morgan fingerprint density at radius 3 is 2.57 bits per heavy atom.